The first-order valence-electron chi connectivity index (χ1n) is 6.75. The maximum Gasteiger partial charge on any atom is 0.0205 e. The summed E-state index contributed by atoms with van der Waals surface area (Å²) in [6.07, 6.45) is 0. The van der Waals surface area contributed by atoms with Crippen LogP contribution >= 0.6 is 0 Å². The summed E-state index contributed by atoms with van der Waals surface area (Å²) in [4.78, 5) is 0. The van der Waals surface area contributed by atoms with Crippen molar-refractivity contribution in [1.29, 1.82) is 0 Å². The van der Waals surface area contributed by atoms with Crippen molar-refractivity contribution in [2.45, 2.75) is 46.6 Å². The van der Waals surface area contributed by atoms with E-state index in [1.54, 1.807) is 0 Å². The van der Waals surface area contributed by atoms with Gasteiger partial charge in [-0.25, -0.2) is 0 Å². The number of rotatable bonds is 5. The summed E-state index contributed by atoms with van der Waals surface area (Å²) in [5.74, 6) is 0. The number of benzene rings is 1. The third-order valence-corrected chi connectivity index (χ3v) is 3.31. The molecule has 3 N–H and O–H groups in total. The molecule has 0 aromatic heterocycles. The molecule has 0 radical (unpaired) electrons. The third kappa shape index (κ3) is 4.79. The first-order valence-corrected chi connectivity index (χ1v) is 6.75. The predicted octanol–water partition coefficient (Wildman–Crippen LogP) is 3.06. The Morgan fingerprint density at radius 2 is 1.56 bits per heavy atom. The molecule has 0 saturated carbocycles. The molecular formula is C16H28N2. The van der Waals surface area contributed by atoms with Crippen molar-refractivity contribution in [3.63, 3.8) is 0 Å². The summed E-state index contributed by atoms with van der Waals surface area (Å²) in [7, 11) is 0. The number of hydrogen-bond acceptors (Lipinski definition) is 2. The highest BCUT2D eigenvalue weighted by Gasteiger charge is 2.15. The van der Waals surface area contributed by atoms with E-state index in [1.165, 1.54) is 11.1 Å². The van der Waals surface area contributed by atoms with Crippen LogP contribution in [0.4, 0.5) is 0 Å². The first kappa shape index (κ1) is 15.2. The second-order valence-corrected chi connectivity index (χ2v) is 6.92. The molecule has 0 heterocycles. The molecule has 102 valence electrons. The Hall–Kier alpha value is -0.860. The van der Waals surface area contributed by atoms with Crippen molar-refractivity contribution in [3.8, 4) is 0 Å². The van der Waals surface area contributed by atoms with E-state index in [0.29, 0.717) is 6.54 Å². The SMILES string of the molecule is CC(C)(CN)CNCc1ccc(C(C)(C)C)cc1. The first-order chi connectivity index (χ1) is 8.24. The van der Waals surface area contributed by atoms with Crippen LogP contribution in [0.2, 0.25) is 0 Å². The summed E-state index contributed by atoms with van der Waals surface area (Å²) in [5, 5.41) is 3.47. The minimum Gasteiger partial charge on any atom is -0.330 e. The summed E-state index contributed by atoms with van der Waals surface area (Å²) >= 11 is 0. The average Bonchev–Trinajstić information content (AvgIpc) is 2.28. The molecule has 1 aromatic rings. The van der Waals surface area contributed by atoms with Gasteiger partial charge in [-0.2, -0.15) is 0 Å². The molecular weight excluding hydrogens is 220 g/mol. The van der Waals surface area contributed by atoms with Gasteiger partial charge < -0.3 is 11.1 Å². The van der Waals surface area contributed by atoms with Crippen LogP contribution in [-0.2, 0) is 12.0 Å². The van der Waals surface area contributed by atoms with Gasteiger partial charge in [-0.1, -0.05) is 58.9 Å². The molecule has 1 rings (SSSR count). The Morgan fingerprint density at radius 1 is 1.00 bits per heavy atom. The molecule has 0 saturated heterocycles. The van der Waals surface area contributed by atoms with E-state index in [1.807, 2.05) is 0 Å². The Bertz CT molecular complexity index is 358. The largest absolute Gasteiger partial charge is 0.330 e. The van der Waals surface area contributed by atoms with Gasteiger partial charge in [0.05, 0.1) is 0 Å². The van der Waals surface area contributed by atoms with Gasteiger partial charge in [-0.3, -0.25) is 0 Å². The Morgan fingerprint density at radius 3 is 2.00 bits per heavy atom. The summed E-state index contributed by atoms with van der Waals surface area (Å²) in [6.45, 7) is 13.7. The van der Waals surface area contributed by atoms with Crippen molar-refractivity contribution in [2.24, 2.45) is 11.1 Å². The van der Waals surface area contributed by atoms with Crippen LogP contribution in [0.5, 0.6) is 0 Å². The summed E-state index contributed by atoms with van der Waals surface area (Å²) in [6, 6.07) is 8.88. The van der Waals surface area contributed by atoms with Gasteiger partial charge in [0.15, 0.2) is 0 Å². The van der Waals surface area contributed by atoms with Crippen molar-refractivity contribution in [1.82, 2.24) is 5.32 Å². The van der Waals surface area contributed by atoms with Crippen LogP contribution in [0.15, 0.2) is 24.3 Å². The molecule has 0 unspecified atom stereocenters. The smallest absolute Gasteiger partial charge is 0.0205 e. The molecule has 2 heteroatoms. The van der Waals surface area contributed by atoms with Gasteiger partial charge in [-0.15, -0.1) is 0 Å². The van der Waals surface area contributed by atoms with Gasteiger partial charge in [0, 0.05) is 13.1 Å². The highest BCUT2D eigenvalue weighted by atomic mass is 14.9. The molecule has 0 fully saturated rings. The zero-order valence-electron chi connectivity index (χ0n) is 12.5. The molecule has 18 heavy (non-hydrogen) atoms. The molecule has 0 bridgehead atoms. The third-order valence-electron chi connectivity index (χ3n) is 3.31. The van der Waals surface area contributed by atoms with E-state index in [2.05, 4.69) is 64.2 Å². The fraction of sp³-hybridized carbons (Fsp3) is 0.625. The molecule has 0 spiro atoms. The lowest BCUT2D eigenvalue weighted by atomic mass is 9.87. The average molecular weight is 248 g/mol. The van der Waals surface area contributed by atoms with Gasteiger partial charge in [-0.05, 0) is 28.5 Å². The van der Waals surface area contributed by atoms with Crippen LogP contribution in [0, 0.1) is 5.41 Å². The Labute approximate surface area is 112 Å². The van der Waals surface area contributed by atoms with Crippen LogP contribution < -0.4 is 11.1 Å². The zero-order valence-corrected chi connectivity index (χ0v) is 12.5. The number of hydrogen-bond donors (Lipinski definition) is 2. The number of nitrogens with one attached hydrogen (secondary N) is 1. The Kier molecular flexibility index (Phi) is 4.94. The van der Waals surface area contributed by atoms with Crippen LogP contribution in [-0.4, -0.2) is 13.1 Å². The topological polar surface area (TPSA) is 38.0 Å². The van der Waals surface area contributed by atoms with Crippen molar-refractivity contribution in [2.75, 3.05) is 13.1 Å². The fourth-order valence-corrected chi connectivity index (χ4v) is 1.74. The predicted molar refractivity (Wildman–Crippen MR) is 79.7 cm³/mol. The van der Waals surface area contributed by atoms with Crippen molar-refractivity contribution >= 4 is 0 Å². The van der Waals surface area contributed by atoms with Crippen LogP contribution in [0.3, 0.4) is 0 Å². The molecule has 0 amide bonds. The van der Waals surface area contributed by atoms with Crippen molar-refractivity contribution < 1.29 is 0 Å². The molecule has 0 aliphatic heterocycles. The van der Waals surface area contributed by atoms with Gasteiger partial charge in [0.1, 0.15) is 0 Å². The van der Waals surface area contributed by atoms with E-state index < -0.39 is 0 Å². The lowest BCUT2D eigenvalue weighted by Crippen LogP contribution is -2.35. The van der Waals surface area contributed by atoms with E-state index in [0.717, 1.165) is 13.1 Å². The second kappa shape index (κ2) is 5.85. The normalized spacial score (nSPS) is 12.8. The standard InChI is InChI=1S/C16H28N2/c1-15(2,3)14-8-6-13(7-9-14)10-18-12-16(4,5)11-17/h6-9,18H,10-12,17H2,1-5H3. The van der Waals surface area contributed by atoms with Gasteiger partial charge >= 0.3 is 0 Å². The summed E-state index contributed by atoms with van der Waals surface area (Å²) in [5.41, 5.74) is 8.83. The lowest BCUT2D eigenvalue weighted by molar-refractivity contribution is 0.351. The minimum absolute atomic E-state index is 0.172. The maximum absolute atomic E-state index is 5.71. The molecule has 0 aliphatic carbocycles. The van der Waals surface area contributed by atoms with Crippen molar-refractivity contribution in [3.05, 3.63) is 35.4 Å². The van der Waals surface area contributed by atoms with Crippen LogP contribution in [0.1, 0.15) is 45.7 Å². The molecule has 2 nitrogen and oxygen atoms in total. The molecule has 0 aliphatic rings. The van der Waals surface area contributed by atoms with E-state index in [4.69, 9.17) is 5.73 Å². The van der Waals surface area contributed by atoms with E-state index in [-0.39, 0.29) is 10.8 Å². The summed E-state index contributed by atoms with van der Waals surface area (Å²) < 4.78 is 0. The lowest BCUT2D eigenvalue weighted by Gasteiger charge is -2.23. The minimum atomic E-state index is 0.172. The van der Waals surface area contributed by atoms with Gasteiger partial charge in [0.25, 0.3) is 0 Å². The monoisotopic (exact) mass is 248 g/mol. The van der Waals surface area contributed by atoms with E-state index >= 15 is 0 Å². The van der Waals surface area contributed by atoms with Crippen LogP contribution in [0.25, 0.3) is 0 Å². The maximum atomic E-state index is 5.71. The highest BCUT2D eigenvalue weighted by Crippen LogP contribution is 2.22. The Balaban J connectivity index is 2.50. The quantitative estimate of drug-likeness (QED) is 0.840. The second-order valence-electron chi connectivity index (χ2n) is 6.92. The zero-order chi connectivity index (χ0) is 13.8. The fourth-order valence-electron chi connectivity index (χ4n) is 1.74. The molecule has 1 aromatic carbocycles. The number of nitrogens with two attached hydrogens (primary N) is 1. The van der Waals surface area contributed by atoms with Gasteiger partial charge in [0.2, 0.25) is 0 Å². The highest BCUT2D eigenvalue weighted by molar-refractivity contribution is 5.27. The molecule has 0 atom stereocenters. The van der Waals surface area contributed by atoms with E-state index in [9.17, 15) is 0 Å².